The van der Waals surface area contributed by atoms with Gasteiger partial charge in [-0.05, 0) is 5.56 Å². The molecule has 1 aromatic rings. The first-order valence-corrected chi connectivity index (χ1v) is 6.38. The van der Waals surface area contributed by atoms with Crippen LogP contribution in [0.15, 0.2) is 18.3 Å². The van der Waals surface area contributed by atoms with Gasteiger partial charge in [0.05, 0.1) is 20.3 Å². The summed E-state index contributed by atoms with van der Waals surface area (Å²) in [5, 5.41) is 3.42. The van der Waals surface area contributed by atoms with Crippen molar-refractivity contribution in [1.82, 2.24) is 15.2 Å². The number of methoxy groups -OCH3 is 1. The highest BCUT2D eigenvalue weighted by molar-refractivity contribution is 5.17. The maximum atomic E-state index is 5.31. The zero-order chi connectivity index (χ0) is 12.6. The van der Waals surface area contributed by atoms with Crippen LogP contribution in [0.5, 0.6) is 5.88 Å². The zero-order valence-corrected chi connectivity index (χ0v) is 10.9. The number of hydrogen-bond donors (Lipinski definition) is 1. The van der Waals surface area contributed by atoms with Crippen LogP contribution in [0.1, 0.15) is 5.56 Å². The molecule has 0 radical (unpaired) electrons. The Bertz CT molecular complexity index is 337. The molecule has 2 heterocycles. The molecule has 1 fully saturated rings. The Morgan fingerprint density at radius 3 is 2.89 bits per heavy atom. The largest absolute Gasteiger partial charge is 0.481 e. The minimum atomic E-state index is 0.659. The van der Waals surface area contributed by atoms with E-state index in [4.69, 9.17) is 9.47 Å². The molecule has 0 unspecified atom stereocenters. The number of nitrogens with zero attached hydrogens (tertiary/aromatic N) is 2. The minimum absolute atomic E-state index is 0.659. The molecule has 0 bridgehead atoms. The Morgan fingerprint density at radius 1 is 1.39 bits per heavy atom. The van der Waals surface area contributed by atoms with E-state index in [-0.39, 0.29) is 0 Å². The Labute approximate surface area is 108 Å². The van der Waals surface area contributed by atoms with E-state index in [2.05, 4.69) is 15.2 Å². The minimum Gasteiger partial charge on any atom is -0.481 e. The number of morpholine rings is 1. The van der Waals surface area contributed by atoms with Crippen LogP contribution >= 0.6 is 0 Å². The van der Waals surface area contributed by atoms with Crippen molar-refractivity contribution in [3.8, 4) is 5.88 Å². The van der Waals surface area contributed by atoms with Crippen LogP contribution in [0.4, 0.5) is 0 Å². The molecule has 1 N–H and O–H groups in total. The summed E-state index contributed by atoms with van der Waals surface area (Å²) < 4.78 is 10.3. The summed E-state index contributed by atoms with van der Waals surface area (Å²) in [6, 6.07) is 3.92. The lowest BCUT2D eigenvalue weighted by Gasteiger charge is -2.26. The van der Waals surface area contributed by atoms with Crippen LogP contribution in [-0.2, 0) is 11.3 Å². The summed E-state index contributed by atoms with van der Waals surface area (Å²) in [4.78, 5) is 6.60. The number of rotatable bonds is 6. The topological polar surface area (TPSA) is 46.6 Å². The first-order chi connectivity index (χ1) is 8.88. The van der Waals surface area contributed by atoms with Gasteiger partial charge in [0.2, 0.25) is 5.88 Å². The lowest BCUT2D eigenvalue weighted by atomic mass is 10.3. The van der Waals surface area contributed by atoms with Crippen LogP contribution in [0.3, 0.4) is 0 Å². The molecule has 2 rings (SSSR count). The average Bonchev–Trinajstić information content (AvgIpc) is 2.45. The highest BCUT2D eigenvalue weighted by Crippen LogP contribution is 2.06. The fraction of sp³-hybridized carbons (Fsp3) is 0.615. The monoisotopic (exact) mass is 251 g/mol. The summed E-state index contributed by atoms with van der Waals surface area (Å²) in [5.41, 5.74) is 1.18. The van der Waals surface area contributed by atoms with Crippen LogP contribution < -0.4 is 10.1 Å². The molecule has 0 amide bonds. The van der Waals surface area contributed by atoms with Gasteiger partial charge in [-0.1, -0.05) is 6.07 Å². The van der Waals surface area contributed by atoms with Crippen molar-refractivity contribution in [2.24, 2.45) is 0 Å². The SMILES string of the molecule is COc1ccc(CNCCN2CCOCC2)cn1. The van der Waals surface area contributed by atoms with Crippen molar-refractivity contribution >= 4 is 0 Å². The maximum absolute atomic E-state index is 5.31. The Morgan fingerprint density at radius 2 is 2.22 bits per heavy atom. The fourth-order valence-electron chi connectivity index (χ4n) is 1.93. The van der Waals surface area contributed by atoms with Gasteiger partial charge in [-0.3, -0.25) is 4.90 Å². The van der Waals surface area contributed by atoms with E-state index < -0.39 is 0 Å². The van der Waals surface area contributed by atoms with Crippen molar-refractivity contribution < 1.29 is 9.47 Å². The van der Waals surface area contributed by atoms with E-state index in [1.165, 1.54) is 5.56 Å². The first kappa shape index (κ1) is 13.3. The quantitative estimate of drug-likeness (QED) is 0.747. The van der Waals surface area contributed by atoms with Crippen molar-refractivity contribution in [1.29, 1.82) is 0 Å². The highest BCUT2D eigenvalue weighted by Gasteiger charge is 2.08. The third-order valence-electron chi connectivity index (χ3n) is 3.04. The zero-order valence-electron chi connectivity index (χ0n) is 10.9. The van der Waals surface area contributed by atoms with Gasteiger partial charge in [0, 0.05) is 45.0 Å². The average molecular weight is 251 g/mol. The summed E-state index contributed by atoms with van der Waals surface area (Å²) in [6.07, 6.45) is 1.85. The molecule has 5 heteroatoms. The molecule has 1 saturated heterocycles. The summed E-state index contributed by atoms with van der Waals surface area (Å²) in [7, 11) is 1.63. The summed E-state index contributed by atoms with van der Waals surface area (Å²) in [5.74, 6) is 0.659. The maximum Gasteiger partial charge on any atom is 0.212 e. The number of pyridine rings is 1. The first-order valence-electron chi connectivity index (χ1n) is 6.38. The lowest BCUT2D eigenvalue weighted by Crippen LogP contribution is -2.40. The van der Waals surface area contributed by atoms with Gasteiger partial charge < -0.3 is 14.8 Å². The molecular formula is C13H21N3O2. The van der Waals surface area contributed by atoms with E-state index in [0.29, 0.717) is 5.88 Å². The molecule has 0 saturated carbocycles. The molecule has 18 heavy (non-hydrogen) atoms. The molecule has 1 aliphatic heterocycles. The van der Waals surface area contributed by atoms with Crippen LogP contribution in [-0.4, -0.2) is 56.4 Å². The molecule has 0 atom stereocenters. The highest BCUT2D eigenvalue weighted by atomic mass is 16.5. The summed E-state index contributed by atoms with van der Waals surface area (Å²) in [6.45, 7) is 6.74. The predicted molar refractivity (Wildman–Crippen MR) is 69.8 cm³/mol. The molecule has 0 aliphatic carbocycles. The van der Waals surface area contributed by atoms with Gasteiger partial charge in [-0.15, -0.1) is 0 Å². The normalized spacial score (nSPS) is 16.7. The van der Waals surface area contributed by atoms with Gasteiger partial charge in [-0.2, -0.15) is 0 Å². The summed E-state index contributed by atoms with van der Waals surface area (Å²) >= 11 is 0. The number of hydrogen-bond acceptors (Lipinski definition) is 5. The third kappa shape index (κ3) is 4.25. The molecule has 0 spiro atoms. The van der Waals surface area contributed by atoms with E-state index in [0.717, 1.165) is 45.9 Å². The van der Waals surface area contributed by atoms with Gasteiger partial charge in [-0.25, -0.2) is 4.98 Å². The number of ether oxygens (including phenoxy) is 2. The van der Waals surface area contributed by atoms with Crippen molar-refractivity contribution in [2.45, 2.75) is 6.54 Å². The van der Waals surface area contributed by atoms with Gasteiger partial charge in [0.25, 0.3) is 0 Å². The molecule has 1 aromatic heterocycles. The standard InChI is InChI=1S/C13H21N3O2/c1-17-13-3-2-12(11-15-13)10-14-4-5-16-6-8-18-9-7-16/h2-3,11,14H,4-10H2,1H3. The van der Waals surface area contributed by atoms with Crippen LogP contribution in [0, 0.1) is 0 Å². The van der Waals surface area contributed by atoms with Crippen LogP contribution in [0.25, 0.3) is 0 Å². The smallest absolute Gasteiger partial charge is 0.212 e. The van der Waals surface area contributed by atoms with Gasteiger partial charge in [0.15, 0.2) is 0 Å². The molecule has 1 aliphatic rings. The van der Waals surface area contributed by atoms with Crippen molar-refractivity contribution in [3.63, 3.8) is 0 Å². The second kappa shape index (κ2) is 7.31. The Balaban J connectivity index is 1.62. The molecule has 0 aromatic carbocycles. The Hall–Kier alpha value is -1.17. The van der Waals surface area contributed by atoms with E-state index in [1.807, 2.05) is 18.3 Å². The fourth-order valence-corrected chi connectivity index (χ4v) is 1.93. The molecule has 5 nitrogen and oxygen atoms in total. The van der Waals surface area contributed by atoms with Gasteiger partial charge in [0.1, 0.15) is 0 Å². The molecular weight excluding hydrogens is 230 g/mol. The third-order valence-corrected chi connectivity index (χ3v) is 3.04. The second-order valence-corrected chi connectivity index (χ2v) is 4.34. The Kier molecular flexibility index (Phi) is 5.38. The van der Waals surface area contributed by atoms with Crippen LogP contribution in [0.2, 0.25) is 0 Å². The van der Waals surface area contributed by atoms with E-state index in [1.54, 1.807) is 7.11 Å². The molecule has 100 valence electrons. The number of aromatic nitrogens is 1. The number of nitrogens with one attached hydrogen (secondary N) is 1. The van der Waals surface area contributed by atoms with E-state index in [9.17, 15) is 0 Å². The lowest BCUT2D eigenvalue weighted by molar-refractivity contribution is 0.0384. The van der Waals surface area contributed by atoms with E-state index >= 15 is 0 Å². The van der Waals surface area contributed by atoms with Gasteiger partial charge >= 0.3 is 0 Å². The second-order valence-electron chi connectivity index (χ2n) is 4.34. The van der Waals surface area contributed by atoms with Crippen molar-refractivity contribution in [3.05, 3.63) is 23.9 Å². The van der Waals surface area contributed by atoms with Crippen molar-refractivity contribution in [2.75, 3.05) is 46.5 Å². The predicted octanol–water partition coefficient (Wildman–Crippen LogP) is 0.512.